The van der Waals surface area contributed by atoms with Gasteiger partial charge in [-0.25, -0.2) is 27.5 Å². The van der Waals surface area contributed by atoms with Gasteiger partial charge in [-0.1, -0.05) is 0 Å². The minimum Gasteiger partial charge on any atom is -0.376 e. The monoisotopic (exact) mass is 485 g/mol. The Bertz CT molecular complexity index is 1380. The molecule has 1 saturated heterocycles. The van der Waals surface area contributed by atoms with Gasteiger partial charge in [-0.2, -0.15) is 10.4 Å². The van der Waals surface area contributed by atoms with Gasteiger partial charge in [0.15, 0.2) is 24.1 Å². The van der Waals surface area contributed by atoms with E-state index in [4.69, 9.17) is 4.74 Å². The number of pyridine rings is 1. The Labute approximate surface area is 198 Å². The quantitative estimate of drug-likeness (QED) is 0.526. The normalized spacial score (nSPS) is 24.2. The van der Waals surface area contributed by atoms with Gasteiger partial charge < -0.3 is 4.74 Å². The van der Waals surface area contributed by atoms with Crippen LogP contribution in [0.4, 0.5) is 19.0 Å². The maximum Gasteiger partial charge on any atom is 0.267 e. The molecule has 5 heterocycles. The first-order chi connectivity index (χ1) is 16.8. The smallest absolute Gasteiger partial charge is 0.267 e. The van der Waals surface area contributed by atoms with Crippen molar-refractivity contribution in [1.29, 1.82) is 5.26 Å². The van der Waals surface area contributed by atoms with Gasteiger partial charge in [0.1, 0.15) is 6.07 Å². The van der Waals surface area contributed by atoms with E-state index in [1.807, 2.05) is 6.07 Å². The van der Waals surface area contributed by atoms with Gasteiger partial charge in [-0.15, -0.1) is 5.10 Å². The molecular formula is C23H22F3N7O2. The maximum absolute atomic E-state index is 15.5. The van der Waals surface area contributed by atoms with Crippen molar-refractivity contribution in [2.24, 2.45) is 0 Å². The Hall–Kier alpha value is -3.72. The molecule has 1 fully saturated rings. The lowest BCUT2D eigenvalue weighted by molar-refractivity contribution is 0.0261. The summed E-state index contributed by atoms with van der Waals surface area (Å²) in [5.74, 6) is -0.0352. The number of aryl methyl sites for hydroxylation is 2. The van der Waals surface area contributed by atoms with Crippen LogP contribution in [0.1, 0.15) is 40.7 Å². The van der Waals surface area contributed by atoms with Gasteiger partial charge in [-0.05, 0) is 32.0 Å². The number of anilines is 1. The SMILES string of the molecule is Cc1cc(C)n(-c2ccc(=O)n(C3CC(F)N(c4nc5c(cc4C#N)COCC5)C(F)C3F)n2)n1. The van der Waals surface area contributed by atoms with Gasteiger partial charge in [-0.3, -0.25) is 9.69 Å². The van der Waals surface area contributed by atoms with E-state index in [0.29, 0.717) is 34.9 Å². The molecule has 12 heteroatoms. The zero-order chi connectivity index (χ0) is 24.9. The van der Waals surface area contributed by atoms with Gasteiger partial charge in [0.25, 0.3) is 5.56 Å². The minimum absolute atomic E-state index is 0.0768. The van der Waals surface area contributed by atoms with Crippen LogP contribution >= 0.6 is 0 Å². The van der Waals surface area contributed by atoms with E-state index in [9.17, 15) is 10.1 Å². The summed E-state index contributed by atoms with van der Waals surface area (Å²) in [6.07, 6.45) is -7.01. The lowest BCUT2D eigenvalue weighted by Crippen LogP contribution is -2.55. The van der Waals surface area contributed by atoms with E-state index in [0.717, 1.165) is 10.4 Å². The number of rotatable bonds is 3. The molecule has 0 aliphatic carbocycles. The second-order valence-corrected chi connectivity index (χ2v) is 8.65. The second kappa shape index (κ2) is 8.81. The number of hydrogen-bond donors (Lipinski definition) is 0. The first-order valence-electron chi connectivity index (χ1n) is 11.1. The van der Waals surface area contributed by atoms with E-state index in [2.05, 4.69) is 15.2 Å². The summed E-state index contributed by atoms with van der Waals surface area (Å²) in [6.45, 7) is 4.19. The highest BCUT2D eigenvalue weighted by Gasteiger charge is 2.47. The molecule has 4 atom stereocenters. The highest BCUT2D eigenvalue weighted by atomic mass is 19.2. The van der Waals surface area contributed by atoms with Crippen molar-refractivity contribution in [3.63, 3.8) is 0 Å². The number of hydrogen-bond acceptors (Lipinski definition) is 7. The van der Waals surface area contributed by atoms with Gasteiger partial charge in [0, 0.05) is 30.2 Å². The highest BCUT2D eigenvalue weighted by Crippen LogP contribution is 2.39. The maximum atomic E-state index is 15.5. The van der Waals surface area contributed by atoms with E-state index in [-0.39, 0.29) is 23.8 Å². The van der Waals surface area contributed by atoms with Crippen molar-refractivity contribution in [3.05, 3.63) is 62.8 Å². The van der Waals surface area contributed by atoms with E-state index >= 15 is 13.2 Å². The van der Waals surface area contributed by atoms with Crippen molar-refractivity contribution in [2.75, 3.05) is 11.5 Å². The zero-order valence-electron chi connectivity index (χ0n) is 19.0. The average Bonchev–Trinajstić information content (AvgIpc) is 3.19. The molecule has 2 aliphatic heterocycles. The highest BCUT2D eigenvalue weighted by molar-refractivity contribution is 5.57. The van der Waals surface area contributed by atoms with Crippen molar-refractivity contribution < 1.29 is 17.9 Å². The summed E-state index contributed by atoms with van der Waals surface area (Å²) in [6, 6.07) is 6.24. The van der Waals surface area contributed by atoms with Crippen LogP contribution in [0.5, 0.6) is 0 Å². The fourth-order valence-corrected chi connectivity index (χ4v) is 4.60. The molecule has 3 aromatic heterocycles. The first kappa shape index (κ1) is 23.0. The molecule has 0 N–H and O–H groups in total. The lowest BCUT2D eigenvalue weighted by atomic mass is 9.99. The minimum atomic E-state index is -2.49. The first-order valence-corrected chi connectivity index (χ1v) is 11.1. The van der Waals surface area contributed by atoms with Gasteiger partial charge in [0.05, 0.1) is 36.2 Å². The van der Waals surface area contributed by atoms with Crippen molar-refractivity contribution >= 4 is 5.82 Å². The topological polar surface area (TPSA) is 102 Å². The van der Waals surface area contributed by atoms with Crippen molar-refractivity contribution in [1.82, 2.24) is 24.5 Å². The predicted octanol–water partition coefficient (Wildman–Crippen LogP) is 2.77. The standard InChI is InChI=1S/C23H22F3N7O2/c1-12-7-13(2)32(29-12)19-3-4-20(34)33(30-19)17-9-18(24)31(22(26)21(17)25)23-14(10-27)8-15-11-35-6-5-16(15)28-23/h3-4,7-8,17-18,21-22H,5-6,9,11H2,1-2H3. The number of fused-ring (bicyclic) bond motifs is 1. The molecule has 0 aromatic carbocycles. The number of halogens is 3. The molecular weight excluding hydrogens is 463 g/mol. The Morgan fingerprint density at radius 1 is 1.17 bits per heavy atom. The second-order valence-electron chi connectivity index (χ2n) is 8.65. The molecule has 0 amide bonds. The number of piperidine rings is 1. The summed E-state index contributed by atoms with van der Waals surface area (Å²) in [5, 5.41) is 18.0. The predicted molar refractivity (Wildman–Crippen MR) is 118 cm³/mol. The van der Waals surface area contributed by atoms with Crippen molar-refractivity contribution in [3.8, 4) is 11.9 Å². The summed E-state index contributed by atoms with van der Waals surface area (Å²) in [5.41, 5.74) is 1.88. The Morgan fingerprint density at radius 2 is 1.97 bits per heavy atom. The third-order valence-electron chi connectivity index (χ3n) is 6.26. The molecule has 9 nitrogen and oxygen atoms in total. The number of ether oxygens (including phenoxy) is 1. The Balaban J connectivity index is 1.50. The summed E-state index contributed by atoms with van der Waals surface area (Å²) < 4.78 is 54.0. The van der Waals surface area contributed by atoms with Crippen LogP contribution in [0.25, 0.3) is 5.82 Å². The van der Waals surface area contributed by atoms with Crippen LogP contribution in [-0.2, 0) is 17.8 Å². The molecule has 2 aliphatic rings. The van der Waals surface area contributed by atoms with E-state index in [1.54, 1.807) is 19.9 Å². The summed E-state index contributed by atoms with van der Waals surface area (Å²) >= 11 is 0. The molecule has 0 saturated carbocycles. The molecule has 35 heavy (non-hydrogen) atoms. The number of nitrogens with zero attached hydrogens (tertiary/aromatic N) is 7. The van der Waals surface area contributed by atoms with Crippen molar-refractivity contribution in [2.45, 2.75) is 58.1 Å². The average molecular weight is 485 g/mol. The van der Waals surface area contributed by atoms with Gasteiger partial charge in [0.2, 0.25) is 6.30 Å². The zero-order valence-corrected chi connectivity index (χ0v) is 19.0. The molecule has 4 unspecified atom stereocenters. The number of nitriles is 1. The fourth-order valence-electron chi connectivity index (χ4n) is 4.60. The third-order valence-corrected chi connectivity index (χ3v) is 6.26. The lowest BCUT2D eigenvalue weighted by Gasteiger charge is -2.41. The Kier molecular flexibility index (Phi) is 5.80. The van der Waals surface area contributed by atoms with E-state index in [1.165, 1.54) is 22.9 Å². The van der Waals surface area contributed by atoms with E-state index < -0.39 is 36.8 Å². The molecule has 182 valence electrons. The molecule has 5 rings (SSSR count). The molecule has 0 spiro atoms. The van der Waals surface area contributed by atoms with Crippen LogP contribution in [-0.4, -0.2) is 49.9 Å². The molecule has 3 aromatic rings. The van der Waals surface area contributed by atoms with Crippen LogP contribution in [0.2, 0.25) is 0 Å². The summed E-state index contributed by atoms with van der Waals surface area (Å²) in [7, 11) is 0. The third kappa shape index (κ3) is 3.95. The molecule has 0 bridgehead atoms. The summed E-state index contributed by atoms with van der Waals surface area (Å²) in [4.78, 5) is 17.4. The number of aromatic nitrogens is 5. The van der Waals surface area contributed by atoms with Crippen LogP contribution < -0.4 is 10.5 Å². The molecule has 0 radical (unpaired) electrons. The van der Waals surface area contributed by atoms with Crippen LogP contribution in [0, 0.1) is 25.2 Å². The van der Waals surface area contributed by atoms with Crippen LogP contribution in [0.3, 0.4) is 0 Å². The van der Waals surface area contributed by atoms with Crippen LogP contribution in [0.15, 0.2) is 29.1 Å². The fraction of sp³-hybridized carbons (Fsp3) is 0.435. The van der Waals surface area contributed by atoms with Gasteiger partial charge >= 0.3 is 0 Å². The Morgan fingerprint density at radius 3 is 2.69 bits per heavy atom. The largest absolute Gasteiger partial charge is 0.376 e. The number of alkyl halides is 3.